The average Bonchev–Trinajstić information content (AvgIpc) is 3.21. The highest BCUT2D eigenvalue weighted by molar-refractivity contribution is 7.12. The van der Waals surface area contributed by atoms with Crippen molar-refractivity contribution in [2.45, 2.75) is 33.7 Å². The minimum Gasteiger partial charge on any atom is -0.335 e. The van der Waals surface area contributed by atoms with Gasteiger partial charge in [0.1, 0.15) is 5.56 Å². The molecule has 3 rings (SSSR count). The third-order valence-electron chi connectivity index (χ3n) is 5.12. The summed E-state index contributed by atoms with van der Waals surface area (Å²) in [5.74, 6) is 0.264. The van der Waals surface area contributed by atoms with Crippen LogP contribution in [0.2, 0.25) is 0 Å². The number of amides is 2. The van der Waals surface area contributed by atoms with Gasteiger partial charge in [0.15, 0.2) is 0 Å². The molecule has 6 nitrogen and oxygen atoms in total. The van der Waals surface area contributed by atoms with E-state index in [1.165, 1.54) is 11.3 Å². The second-order valence-electron chi connectivity index (χ2n) is 7.62. The lowest BCUT2D eigenvalue weighted by atomic mass is 10.1. The van der Waals surface area contributed by atoms with Crippen LogP contribution >= 0.6 is 11.3 Å². The first kappa shape index (κ1) is 20.3. The van der Waals surface area contributed by atoms with E-state index in [4.69, 9.17) is 0 Å². The largest absolute Gasteiger partial charge is 0.335 e. The second kappa shape index (κ2) is 8.73. The number of hydrogen-bond acceptors (Lipinski definition) is 4. The van der Waals surface area contributed by atoms with Crippen molar-refractivity contribution in [2.75, 3.05) is 26.2 Å². The summed E-state index contributed by atoms with van der Waals surface area (Å²) >= 11 is 1.42. The molecular formula is C21H27N3O3S. The lowest BCUT2D eigenvalue weighted by Gasteiger charge is -2.34. The molecule has 0 radical (unpaired) electrons. The molecule has 3 heterocycles. The molecule has 0 spiro atoms. The van der Waals surface area contributed by atoms with Gasteiger partial charge in [-0.3, -0.25) is 14.4 Å². The number of pyridine rings is 1. The minimum atomic E-state index is -0.232. The third kappa shape index (κ3) is 4.35. The number of rotatable bonds is 5. The Labute approximate surface area is 169 Å². The normalized spacial score (nSPS) is 14.6. The van der Waals surface area contributed by atoms with Crippen LogP contribution in [-0.4, -0.2) is 52.4 Å². The fourth-order valence-corrected chi connectivity index (χ4v) is 4.02. The maximum absolute atomic E-state index is 13.0. The van der Waals surface area contributed by atoms with Gasteiger partial charge >= 0.3 is 0 Å². The van der Waals surface area contributed by atoms with Crippen LogP contribution in [0.5, 0.6) is 0 Å². The number of piperazine rings is 1. The van der Waals surface area contributed by atoms with Crippen LogP contribution in [0.3, 0.4) is 0 Å². The Morgan fingerprint density at radius 3 is 2.29 bits per heavy atom. The smallest absolute Gasteiger partial charge is 0.264 e. The zero-order chi connectivity index (χ0) is 20.3. The number of carbonyl (C=O) groups excluding carboxylic acids is 2. The highest BCUT2D eigenvalue weighted by Crippen LogP contribution is 2.15. The summed E-state index contributed by atoms with van der Waals surface area (Å²) in [7, 11) is 0. The Morgan fingerprint density at radius 1 is 1.07 bits per heavy atom. The number of carbonyl (C=O) groups is 2. The molecule has 1 fully saturated rings. The van der Waals surface area contributed by atoms with E-state index in [-0.39, 0.29) is 22.9 Å². The standard InChI is InChI=1S/C21H27N3O3S/c1-15(2)6-8-22-9-7-16(3)18(20(22)26)21(27)24-12-10-23(11-13-24)19(25)17-5-4-14-28-17/h4-5,7,9,14-15H,6,8,10-13H2,1-3H3. The second-order valence-corrected chi connectivity index (χ2v) is 8.56. The van der Waals surface area contributed by atoms with E-state index in [2.05, 4.69) is 13.8 Å². The third-order valence-corrected chi connectivity index (χ3v) is 5.98. The summed E-state index contributed by atoms with van der Waals surface area (Å²) in [4.78, 5) is 42.6. The van der Waals surface area contributed by atoms with Crippen LogP contribution in [0.1, 0.15) is 45.9 Å². The van der Waals surface area contributed by atoms with Crippen molar-refractivity contribution in [1.82, 2.24) is 14.4 Å². The van der Waals surface area contributed by atoms with Crippen molar-refractivity contribution in [3.05, 3.63) is 56.1 Å². The van der Waals surface area contributed by atoms with Crippen molar-refractivity contribution in [3.63, 3.8) is 0 Å². The first-order chi connectivity index (χ1) is 13.4. The predicted molar refractivity (Wildman–Crippen MR) is 111 cm³/mol. The topological polar surface area (TPSA) is 62.6 Å². The molecule has 0 N–H and O–H groups in total. The van der Waals surface area contributed by atoms with Gasteiger partial charge in [-0.15, -0.1) is 11.3 Å². The highest BCUT2D eigenvalue weighted by Gasteiger charge is 2.28. The van der Waals surface area contributed by atoms with Crippen molar-refractivity contribution in [3.8, 4) is 0 Å². The fraction of sp³-hybridized carbons (Fsp3) is 0.476. The van der Waals surface area contributed by atoms with Crippen LogP contribution in [0.25, 0.3) is 0 Å². The SMILES string of the molecule is Cc1ccn(CCC(C)C)c(=O)c1C(=O)N1CCN(C(=O)c2cccs2)CC1. The van der Waals surface area contributed by atoms with Gasteiger partial charge in [-0.05, 0) is 42.3 Å². The lowest BCUT2D eigenvalue weighted by Crippen LogP contribution is -2.51. The van der Waals surface area contributed by atoms with E-state index >= 15 is 0 Å². The molecule has 0 atom stereocenters. The summed E-state index contributed by atoms with van der Waals surface area (Å²) in [6.07, 6.45) is 2.66. The van der Waals surface area contributed by atoms with Crippen LogP contribution in [0.15, 0.2) is 34.6 Å². The molecule has 0 aromatic carbocycles. The number of aromatic nitrogens is 1. The van der Waals surface area contributed by atoms with Gasteiger partial charge in [-0.25, -0.2) is 0 Å². The lowest BCUT2D eigenvalue weighted by molar-refractivity contribution is 0.0536. The van der Waals surface area contributed by atoms with Gasteiger partial charge in [0.25, 0.3) is 17.4 Å². The van der Waals surface area contributed by atoms with Crippen molar-refractivity contribution in [1.29, 1.82) is 0 Å². The molecule has 1 aliphatic rings. The highest BCUT2D eigenvalue weighted by atomic mass is 32.1. The maximum Gasteiger partial charge on any atom is 0.264 e. The van der Waals surface area contributed by atoms with Crippen LogP contribution in [0.4, 0.5) is 0 Å². The fourth-order valence-electron chi connectivity index (χ4n) is 3.33. The van der Waals surface area contributed by atoms with Crippen LogP contribution in [-0.2, 0) is 6.54 Å². The molecule has 28 heavy (non-hydrogen) atoms. The Morgan fingerprint density at radius 2 is 1.71 bits per heavy atom. The van der Waals surface area contributed by atoms with Crippen molar-refractivity contribution >= 4 is 23.2 Å². The van der Waals surface area contributed by atoms with Gasteiger partial charge in [-0.2, -0.15) is 0 Å². The number of hydrogen-bond donors (Lipinski definition) is 0. The molecule has 0 bridgehead atoms. The predicted octanol–water partition coefficient (Wildman–Crippen LogP) is 2.86. The van der Waals surface area contributed by atoms with Gasteiger partial charge in [0, 0.05) is 38.9 Å². The molecule has 2 amide bonds. The molecule has 1 aliphatic heterocycles. The Kier molecular flexibility index (Phi) is 6.34. The zero-order valence-corrected chi connectivity index (χ0v) is 17.5. The van der Waals surface area contributed by atoms with E-state index < -0.39 is 0 Å². The van der Waals surface area contributed by atoms with Crippen molar-refractivity contribution in [2.24, 2.45) is 5.92 Å². The van der Waals surface area contributed by atoms with E-state index in [0.29, 0.717) is 49.1 Å². The first-order valence-corrected chi connectivity index (χ1v) is 10.6. The van der Waals surface area contributed by atoms with Gasteiger partial charge in [0.05, 0.1) is 4.88 Å². The van der Waals surface area contributed by atoms with Gasteiger partial charge in [0.2, 0.25) is 0 Å². The molecule has 2 aromatic heterocycles. The Hall–Kier alpha value is -2.41. The van der Waals surface area contributed by atoms with Crippen LogP contribution in [0, 0.1) is 12.8 Å². The molecule has 7 heteroatoms. The molecule has 150 valence electrons. The molecule has 0 unspecified atom stereocenters. The Balaban J connectivity index is 1.70. The van der Waals surface area contributed by atoms with Crippen molar-refractivity contribution < 1.29 is 9.59 Å². The summed E-state index contributed by atoms with van der Waals surface area (Å²) < 4.78 is 1.64. The van der Waals surface area contributed by atoms with E-state index in [9.17, 15) is 14.4 Å². The number of thiophene rings is 1. The maximum atomic E-state index is 13.0. The summed E-state index contributed by atoms with van der Waals surface area (Å²) in [6.45, 7) is 8.49. The number of nitrogens with zero attached hydrogens (tertiary/aromatic N) is 3. The van der Waals surface area contributed by atoms with E-state index in [0.717, 1.165) is 6.42 Å². The summed E-state index contributed by atoms with van der Waals surface area (Å²) in [5, 5.41) is 1.88. The molecular weight excluding hydrogens is 374 g/mol. The molecule has 0 aliphatic carbocycles. The summed E-state index contributed by atoms with van der Waals surface area (Å²) in [5.41, 5.74) is 0.736. The van der Waals surface area contributed by atoms with Crippen LogP contribution < -0.4 is 5.56 Å². The molecule has 0 saturated carbocycles. The molecule has 1 saturated heterocycles. The van der Waals surface area contributed by atoms with E-state index in [1.54, 1.807) is 27.5 Å². The first-order valence-electron chi connectivity index (χ1n) is 9.70. The van der Waals surface area contributed by atoms with E-state index in [1.807, 2.05) is 23.6 Å². The minimum absolute atomic E-state index is 0.00836. The monoisotopic (exact) mass is 401 g/mol. The summed E-state index contributed by atoms with van der Waals surface area (Å²) in [6, 6.07) is 5.52. The number of aryl methyl sites for hydroxylation is 2. The van der Waals surface area contributed by atoms with Gasteiger partial charge in [-0.1, -0.05) is 19.9 Å². The molecule has 2 aromatic rings. The Bertz CT molecular complexity index is 894. The average molecular weight is 402 g/mol. The quantitative estimate of drug-likeness (QED) is 0.774. The zero-order valence-electron chi connectivity index (χ0n) is 16.7. The van der Waals surface area contributed by atoms with Gasteiger partial charge < -0.3 is 14.4 Å².